The normalized spacial score (nSPS) is 14.9. The minimum absolute atomic E-state index is 0.272. The molecule has 8 rings (SSSR count). The third kappa shape index (κ3) is 8.54. The second kappa shape index (κ2) is 18.7. The standard InChI is InChI=1S/C24H27ClN2O3.C22H23ClN2O3/c1-3-30-24(28)22-21(18-10-7-13-26-23(18)29-2)19-14-17(25)11-12-20(19)27(22)15-16-8-5-4-6-9-16;1-28-21-16(8-5-11-24-21)19-17-12-15(23)9-10-18(17)25(20(19)22(26)27)13-14-6-3-2-4-7-14/h7,10-14,16H,3-6,8-9,15H2,1-2H3;5,8-12,14H,2-4,6-7,13H2,1H3,(H,26,27). The molecule has 10 nitrogen and oxygen atoms in total. The number of nitrogens with zero attached hydrogens (tertiary/aromatic N) is 4. The number of hydrogen-bond donors (Lipinski definition) is 1. The van der Waals surface area contributed by atoms with Crippen LogP contribution in [0.3, 0.4) is 0 Å². The first kappa shape index (κ1) is 41.1. The van der Waals surface area contributed by atoms with Crippen LogP contribution in [-0.4, -0.2) is 57.0 Å². The summed E-state index contributed by atoms with van der Waals surface area (Å²) < 4.78 is 20.5. The van der Waals surface area contributed by atoms with Crippen LogP contribution < -0.4 is 9.47 Å². The van der Waals surface area contributed by atoms with Crippen LogP contribution in [0.5, 0.6) is 11.8 Å². The Balaban J connectivity index is 0.000000177. The van der Waals surface area contributed by atoms with Gasteiger partial charge in [-0.3, -0.25) is 0 Å². The van der Waals surface area contributed by atoms with Gasteiger partial charge in [-0.1, -0.05) is 61.7 Å². The number of benzene rings is 2. The highest BCUT2D eigenvalue weighted by molar-refractivity contribution is 6.32. The molecule has 2 fully saturated rings. The molecule has 12 heteroatoms. The largest absolute Gasteiger partial charge is 0.481 e. The van der Waals surface area contributed by atoms with Gasteiger partial charge in [0, 0.05) is 79.6 Å². The van der Waals surface area contributed by atoms with Crippen LogP contribution in [0.2, 0.25) is 10.0 Å². The fourth-order valence-corrected chi connectivity index (χ4v) is 9.30. The first-order chi connectivity index (χ1) is 28.2. The Morgan fingerprint density at radius 2 is 1.14 bits per heavy atom. The number of rotatable bonds is 11. The van der Waals surface area contributed by atoms with Crippen molar-refractivity contribution in [3.05, 3.63) is 94.5 Å². The number of aromatic carboxylic acids is 1. The van der Waals surface area contributed by atoms with E-state index in [1.807, 2.05) is 66.1 Å². The van der Waals surface area contributed by atoms with Crippen LogP contribution in [0.1, 0.15) is 92.1 Å². The Labute approximate surface area is 349 Å². The zero-order valence-corrected chi connectivity index (χ0v) is 34.8. The number of halogens is 2. The molecule has 2 saturated carbocycles. The molecule has 2 aliphatic rings. The SMILES string of the molecule is CCOC(=O)c1c(-c2cccnc2OC)c2cc(Cl)ccc2n1CC1CCCCC1.COc1ncccc1-c1c(C(=O)O)n(CC2CCCCC2)c2ccc(Cl)cc12. The van der Waals surface area contributed by atoms with Gasteiger partial charge in [0.25, 0.3) is 0 Å². The molecule has 0 amide bonds. The van der Waals surface area contributed by atoms with Crippen molar-refractivity contribution in [2.45, 2.75) is 84.2 Å². The predicted molar refractivity (Wildman–Crippen MR) is 230 cm³/mol. The van der Waals surface area contributed by atoms with E-state index in [0.29, 0.717) is 63.6 Å². The minimum Gasteiger partial charge on any atom is -0.481 e. The average molecular weight is 826 g/mol. The number of carboxylic acids is 1. The summed E-state index contributed by atoms with van der Waals surface area (Å²) in [7, 11) is 3.13. The third-order valence-corrected chi connectivity index (χ3v) is 12.0. The summed E-state index contributed by atoms with van der Waals surface area (Å²) in [6, 6.07) is 18.8. The van der Waals surface area contributed by atoms with Crippen molar-refractivity contribution in [1.82, 2.24) is 19.1 Å². The highest BCUT2D eigenvalue weighted by Crippen LogP contribution is 2.43. The van der Waals surface area contributed by atoms with Crippen molar-refractivity contribution < 1.29 is 28.9 Å². The van der Waals surface area contributed by atoms with E-state index in [4.69, 9.17) is 37.4 Å². The molecule has 1 N–H and O–H groups in total. The lowest BCUT2D eigenvalue weighted by Crippen LogP contribution is -2.19. The molecule has 6 aromatic rings. The van der Waals surface area contributed by atoms with Gasteiger partial charge >= 0.3 is 11.9 Å². The summed E-state index contributed by atoms with van der Waals surface area (Å²) in [5, 5.41) is 13.1. The number of carbonyl (C=O) groups is 2. The van der Waals surface area contributed by atoms with Crippen molar-refractivity contribution >= 4 is 56.9 Å². The third-order valence-electron chi connectivity index (χ3n) is 11.5. The highest BCUT2D eigenvalue weighted by Gasteiger charge is 2.30. The zero-order chi connectivity index (χ0) is 40.8. The van der Waals surface area contributed by atoms with Crippen LogP contribution in [0.15, 0.2) is 73.1 Å². The van der Waals surface area contributed by atoms with E-state index in [9.17, 15) is 14.7 Å². The summed E-state index contributed by atoms with van der Waals surface area (Å²) in [5.74, 6) is 0.621. The Morgan fingerprint density at radius 1 is 0.690 bits per heavy atom. The fraction of sp³-hybridized carbons (Fsp3) is 0.391. The molecule has 4 aromatic heterocycles. The monoisotopic (exact) mass is 824 g/mol. The molecule has 304 valence electrons. The highest BCUT2D eigenvalue weighted by atomic mass is 35.5. The molecule has 0 spiro atoms. The number of pyridine rings is 2. The van der Waals surface area contributed by atoms with Gasteiger partial charge in [-0.05, 0) is 105 Å². The number of fused-ring (bicyclic) bond motifs is 2. The van der Waals surface area contributed by atoms with E-state index in [1.54, 1.807) is 32.7 Å². The van der Waals surface area contributed by atoms with Crippen LogP contribution in [0.25, 0.3) is 44.1 Å². The summed E-state index contributed by atoms with van der Waals surface area (Å²) in [6.45, 7) is 3.62. The molecule has 0 atom stereocenters. The lowest BCUT2D eigenvalue weighted by molar-refractivity contribution is 0.0513. The molecule has 0 saturated heterocycles. The number of hydrogen-bond acceptors (Lipinski definition) is 7. The van der Waals surface area contributed by atoms with Crippen molar-refractivity contribution in [3.63, 3.8) is 0 Å². The van der Waals surface area contributed by atoms with Crippen molar-refractivity contribution in [2.24, 2.45) is 11.8 Å². The van der Waals surface area contributed by atoms with Gasteiger partial charge in [0.2, 0.25) is 11.8 Å². The van der Waals surface area contributed by atoms with Crippen LogP contribution in [0.4, 0.5) is 0 Å². The van der Waals surface area contributed by atoms with E-state index < -0.39 is 5.97 Å². The molecule has 58 heavy (non-hydrogen) atoms. The Bertz CT molecular complexity index is 2410. The van der Waals surface area contributed by atoms with Gasteiger partial charge < -0.3 is 28.5 Å². The Morgan fingerprint density at radius 3 is 1.57 bits per heavy atom. The van der Waals surface area contributed by atoms with Gasteiger partial charge in [0.1, 0.15) is 11.4 Å². The van der Waals surface area contributed by atoms with Crippen LogP contribution >= 0.6 is 23.2 Å². The maximum Gasteiger partial charge on any atom is 0.355 e. The van der Waals surface area contributed by atoms with E-state index >= 15 is 0 Å². The number of methoxy groups -OCH3 is 2. The summed E-state index contributed by atoms with van der Waals surface area (Å²) in [6.07, 6.45) is 15.4. The lowest BCUT2D eigenvalue weighted by Gasteiger charge is -2.23. The number of esters is 1. The second-order valence-corrected chi connectivity index (χ2v) is 16.0. The van der Waals surface area contributed by atoms with Gasteiger partial charge in [-0.2, -0.15) is 0 Å². The molecule has 2 aliphatic carbocycles. The number of ether oxygens (including phenoxy) is 3. The molecule has 0 unspecified atom stereocenters. The Hall–Kier alpha value is -5.06. The molecule has 2 aromatic carbocycles. The predicted octanol–water partition coefficient (Wildman–Crippen LogP) is 11.8. The maximum atomic E-state index is 13.2. The van der Waals surface area contributed by atoms with E-state index in [2.05, 4.69) is 14.5 Å². The molecule has 0 aliphatic heterocycles. The number of carboxylic acid groups (broad SMARTS) is 1. The number of carbonyl (C=O) groups excluding carboxylic acids is 1. The molecule has 0 bridgehead atoms. The fourth-order valence-electron chi connectivity index (χ4n) is 8.96. The van der Waals surface area contributed by atoms with E-state index in [-0.39, 0.29) is 11.7 Å². The minimum atomic E-state index is -0.955. The lowest BCUT2D eigenvalue weighted by atomic mass is 9.89. The molecule has 0 radical (unpaired) electrons. The number of aromatic nitrogens is 4. The zero-order valence-electron chi connectivity index (χ0n) is 33.3. The van der Waals surface area contributed by atoms with Gasteiger partial charge in [-0.25, -0.2) is 19.6 Å². The molecular formula is C46H50Cl2N4O6. The topological polar surface area (TPSA) is 118 Å². The first-order valence-electron chi connectivity index (χ1n) is 20.3. The average Bonchev–Trinajstić information content (AvgIpc) is 3.73. The van der Waals surface area contributed by atoms with Gasteiger partial charge in [0.15, 0.2) is 0 Å². The smallest absolute Gasteiger partial charge is 0.355 e. The van der Waals surface area contributed by atoms with Crippen LogP contribution in [0, 0.1) is 11.8 Å². The van der Waals surface area contributed by atoms with E-state index in [1.165, 1.54) is 51.4 Å². The van der Waals surface area contributed by atoms with Crippen molar-refractivity contribution in [2.75, 3.05) is 20.8 Å². The molecule has 4 heterocycles. The Kier molecular flexibility index (Phi) is 13.2. The maximum absolute atomic E-state index is 13.2. The second-order valence-electron chi connectivity index (χ2n) is 15.1. The van der Waals surface area contributed by atoms with Gasteiger partial charge in [0.05, 0.1) is 20.8 Å². The summed E-state index contributed by atoms with van der Waals surface area (Å²) in [5.41, 5.74) is 5.49. The molecular weight excluding hydrogens is 775 g/mol. The van der Waals surface area contributed by atoms with Gasteiger partial charge in [-0.15, -0.1) is 0 Å². The van der Waals surface area contributed by atoms with Crippen molar-refractivity contribution in [3.8, 4) is 34.0 Å². The van der Waals surface area contributed by atoms with Crippen molar-refractivity contribution in [1.29, 1.82) is 0 Å². The summed E-state index contributed by atoms with van der Waals surface area (Å²) in [4.78, 5) is 34.2. The van der Waals surface area contributed by atoms with E-state index in [0.717, 1.165) is 52.3 Å². The van der Waals surface area contributed by atoms with Crippen LogP contribution in [-0.2, 0) is 17.8 Å². The quantitative estimate of drug-likeness (QED) is 0.128. The first-order valence-corrected chi connectivity index (χ1v) is 21.0. The summed E-state index contributed by atoms with van der Waals surface area (Å²) >= 11 is 12.7.